The first-order valence-corrected chi connectivity index (χ1v) is 13.1. The van der Waals surface area contributed by atoms with Gasteiger partial charge >= 0.3 is 12.1 Å². The predicted molar refractivity (Wildman–Crippen MR) is 131 cm³/mol. The quantitative estimate of drug-likeness (QED) is 0.205. The molecular formula is C22H26N4O9S2. The van der Waals surface area contributed by atoms with E-state index in [4.69, 9.17) is 14.3 Å². The molecule has 0 radical (unpaired) electrons. The van der Waals surface area contributed by atoms with Crippen LogP contribution in [0.2, 0.25) is 0 Å². The maximum Gasteiger partial charge on any atom is 0.410 e. The van der Waals surface area contributed by atoms with Crippen molar-refractivity contribution in [1.82, 2.24) is 14.4 Å². The molecule has 0 spiro atoms. The maximum atomic E-state index is 13.8. The van der Waals surface area contributed by atoms with Crippen LogP contribution in [0.1, 0.15) is 47.2 Å². The number of carbonyl (C=O) groups is 2. The molecule has 1 atom stereocenters. The second-order valence-corrected chi connectivity index (χ2v) is 11.5. The number of nitro benzene ring substituents is 1. The number of methoxy groups -OCH3 is 1. The van der Waals surface area contributed by atoms with E-state index < -0.39 is 49.2 Å². The summed E-state index contributed by atoms with van der Waals surface area (Å²) in [6.07, 6.45) is 0.548. The number of carbonyl (C=O) groups excluding carboxylic acids is 2. The number of thiazole rings is 1. The highest BCUT2D eigenvalue weighted by atomic mass is 32.2. The van der Waals surface area contributed by atoms with Crippen LogP contribution in [0.5, 0.6) is 0 Å². The van der Waals surface area contributed by atoms with E-state index >= 15 is 0 Å². The zero-order valence-corrected chi connectivity index (χ0v) is 22.2. The molecule has 13 nitrogen and oxygen atoms in total. The predicted octanol–water partition coefficient (Wildman–Crippen LogP) is 3.44. The van der Waals surface area contributed by atoms with E-state index in [2.05, 4.69) is 11.6 Å². The van der Waals surface area contributed by atoms with Crippen molar-refractivity contribution in [2.75, 3.05) is 20.3 Å². The number of sulfonamides is 1. The molecule has 15 heteroatoms. The molecule has 37 heavy (non-hydrogen) atoms. The minimum absolute atomic E-state index is 0.0599. The van der Waals surface area contributed by atoms with Gasteiger partial charge in [0.05, 0.1) is 35.8 Å². The van der Waals surface area contributed by atoms with Gasteiger partial charge in [-0.1, -0.05) is 22.7 Å². The van der Waals surface area contributed by atoms with Gasteiger partial charge in [-0.3, -0.25) is 15.0 Å². The zero-order valence-electron chi connectivity index (χ0n) is 20.6. The standard InChI is InChI=1S/C22H26N4O9S2/c1-6-11-34-26(37(31,32)17-10-8-7-9-15(17)25(29)30)16-13-24(21(28)35-22(2,3)4)12-14-18(16)36-19(23-14)20(27)33-5/h6-10,16H,1,11-13H2,2-5H3. The van der Waals surface area contributed by atoms with Gasteiger partial charge in [-0.2, -0.15) is 0 Å². The zero-order chi connectivity index (χ0) is 27.5. The molecule has 1 unspecified atom stereocenters. The van der Waals surface area contributed by atoms with Crippen molar-refractivity contribution in [3.63, 3.8) is 0 Å². The number of para-hydroxylation sites is 1. The van der Waals surface area contributed by atoms with Gasteiger partial charge in [0.25, 0.3) is 15.7 Å². The Kier molecular flexibility index (Phi) is 8.32. The Morgan fingerprint density at radius 1 is 1.35 bits per heavy atom. The number of aromatic nitrogens is 1. The van der Waals surface area contributed by atoms with Gasteiger partial charge in [0, 0.05) is 12.6 Å². The van der Waals surface area contributed by atoms with E-state index in [-0.39, 0.29) is 30.4 Å². The number of fused-ring (bicyclic) bond motifs is 1. The Hall–Kier alpha value is -3.40. The van der Waals surface area contributed by atoms with Gasteiger partial charge in [-0.25, -0.2) is 23.0 Å². The lowest BCUT2D eigenvalue weighted by Crippen LogP contribution is -2.47. The molecule has 1 aliphatic rings. The number of ether oxygens (including phenoxy) is 2. The van der Waals surface area contributed by atoms with Gasteiger partial charge in [0.15, 0.2) is 4.90 Å². The summed E-state index contributed by atoms with van der Waals surface area (Å²) >= 11 is 0.876. The summed E-state index contributed by atoms with van der Waals surface area (Å²) in [5, 5.41) is 11.5. The Balaban J connectivity index is 2.17. The van der Waals surface area contributed by atoms with Gasteiger partial charge in [0.2, 0.25) is 5.01 Å². The van der Waals surface area contributed by atoms with Crippen molar-refractivity contribution >= 4 is 39.1 Å². The van der Waals surface area contributed by atoms with E-state index in [1.807, 2.05) is 0 Å². The number of esters is 1. The van der Waals surface area contributed by atoms with E-state index in [1.54, 1.807) is 20.8 Å². The van der Waals surface area contributed by atoms with E-state index in [9.17, 15) is 28.1 Å². The molecule has 1 amide bonds. The van der Waals surface area contributed by atoms with Crippen molar-refractivity contribution in [2.24, 2.45) is 0 Å². The number of amides is 1. The lowest BCUT2D eigenvalue weighted by Gasteiger charge is -2.37. The van der Waals surface area contributed by atoms with Gasteiger partial charge < -0.3 is 14.4 Å². The number of hydrogen-bond donors (Lipinski definition) is 0. The average molecular weight is 555 g/mol. The number of nitro groups is 1. The molecule has 0 N–H and O–H groups in total. The Labute approximate surface area is 217 Å². The summed E-state index contributed by atoms with van der Waals surface area (Å²) in [4.78, 5) is 46.6. The van der Waals surface area contributed by atoms with Crippen molar-refractivity contribution in [1.29, 1.82) is 0 Å². The fraction of sp³-hybridized carbons (Fsp3) is 0.409. The molecule has 1 aromatic heterocycles. The van der Waals surface area contributed by atoms with Crippen LogP contribution in [0.25, 0.3) is 0 Å². The number of nitrogens with zero attached hydrogens (tertiary/aromatic N) is 4. The molecule has 0 saturated carbocycles. The van der Waals surface area contributed by atoms with Crippen molar-refractivity contribution < 1.29 is 37.2 Å². The van der Waals surface area contributed by atoms with Gasteiger partial charge in [-0.15, -0.1) is 17.9 Å². The lowest BCUT2D eigenvalue weighted by molar-refractivity contribution is -0.388. The first-order chi connectivity index (χ1) is 17.3. The van der Waals surface area contributed by atoms with Crippen LogP contribution >= 0.6 is 11.3 Å². The second kappa shape index (κ2) is 10.9. The lowest BCUT2D eigenvalue weighted by atomic mass is 10.1. The fourth-order valence-electron chi connectivity index (χ4n) is 3.45. The monoisotopic (exact) mass is 554 g/mol. The Morgan fingerprint density at radius 3 is 2.62 bits per heavy atom. The van der Waals surface area contributed by atoms with Crippen molar-refractivity contribution in [3.8, 4) is 0 Å². The minimum Gasteiger partial charge on any atom is -0.464 e. The summed E-state index contributed by atoms with van der Waals surface area (Å²) in [5.74, 6) is -0.748. The Bertz CT molecular complexity index is 1320. The van der Waals surface area contributed by atoms with Crippen molar-refractivity contribution in [2.45, 2.75) is 43.9 Å². The second-order valence-electron chi connectivity index (χ2n) is 8.77. The van der Waals surface area contributed by atoms with Crippen LogP contribution in [0.4, 0.5) is 10.5 Å². The van der Waals surface area contributed by atoms with Gasteiger partial charge in [0.1, 0.15) is 11.6 Å². The third-order valence-electron chi connectivity index (χ3n) is 4.93. The molecule has 1 aromatic carbocycles. The molecule has 1 aliphatic heterocycles. The third-order valence-corrected chi connectivity index (χ3v) is 7.84. The topological polar surface area (TPSA) is 158 Å². The molecule has 200 valence electrons. The summed E-state index contributed by atoms with van der Waals surface area (Å²) in [6, 6.07) is 3.59. The number of hydroxylamine groups is 1. The summed E-state index contributed by atoms with van der Waals surface area (Å²) in [6.45, 7) is 7.96. The van der Waals surface area contributed by atoms with Gasteiger partial charge in [-0.05, 0) is 26.8 Å². The van der Waals surface area contributed by atoms with Crippen molar-refractivity contribution in [3.05, 3.63) is 62.6 Å². The van der Waals surface area contributed by atoms with Crippen LogP contribution in [0.15, 0.2) is 41.8 Å². The molecular weight excluding hydrogens is 528 g/mol. The van der Waals surface area contributed by atoms with Crippen LogP contribution in [0.3, 0.4) is 0 Å². The SMILES string of the molecule is C=CCON(C1CN(C(=O)OC(C)(C)C)Cc2nc(C(=O)OC)sc21)S(=O)(=O)c1ccccc1[N+](=O)[O-]. The molecule has 3 rings (SSSR count). The number of rotatable bonds is 8. The molecule has 2 heterocycles. The minimum atomic E-state index is -4.69. The summed E-state index contributed by atoms with van der Waals surface area (Å²) in [7, 11) is -3.51. The Morgan fingerprint density at radius 2 is 2.03 bits per heavy atom. The summed E-state index contributed by atoms with van der Waals surface area (Å²) < 4.78 is 38.4. The third kappa shape index (κ3) is 6.12. The fourth-order valence-corrected chi connectivity index (χ4v) is 6.14. The smallest absolute Gasteiger partial charge is 0.410 e. The number of benzene rings is 1. The normalized spacial score (nSPS) is 15.7. The molecule has 0 bridgehead atoms. The van der Waals surface area contributed by atoms with Crippen LogP contribution in [-0.2, 0) is 30.9 Å². The van der Waals surface area contributed by atoms with Crippen LogP contribution in [-0.4, -0.2) is 65.6 Å². The highest BCUT2D eigenvalue weighted by Gasteiger charge is 2.44. The largest absolute Gasteiger partial charge is 0.464 e. The van der Waals surface area contributed by atoms with E-state index in [0.717, 1.165) is 23.5 Å². The first kappa shape index (κ1) is 28.2. The summed E-state index contributed by atoms with van der Waals surface area (Å²) in [5.41, 5.74) is -1.27. The molecule has 0 fully saturated rings. The highest BCUT2D eigenvalue weighted by molar-refractivity contribution is 7.89. The molecule has 2 aromatic rings. The van der Waals surface area contributed by atoms with Crippen LogP contribution < -0.4 is 0 Å². The molecule has 0 aliphatic carbocycles. The maximum absolute atomic E-state index is 13.8. The first-order valence-electron chi connectivity index (χ1n) is 10.9. The van der Waals surface area contributed by atoms with Crippen LogP contribution in [0, 0.1) is 10.1 Å². The molecule has 0 saturated heterocycles. The average Bonchev–Trinajstić information content (AvgIpc) is 3.27. The van der Waals surface area contributed by atoms with E-state index in [1.165, 1.54) is 30.2 Å². The van der Waals surface area contributed by atoms with E-state index in [0.29, 0.717) is 9.35 Å². The number of hydrogen-bond acceptors (Lipinski definition) is 11. The highest BCUT2D eigenvalue weighted by Crippen LogP contribution is 2.40.